The molecule has 11 heteroatoms. The van der Waals surface area contributed by atoms with Crippen LogP contribution >= 0.6 is 15.9 Å². The van der Waals surface area contributed by atoms with Crippen molar-refractivity contribution in [1.29, 1.82) is 0 Å². The number of aromatic amines is 1. The summed E-state index contributed by atoms with van der Waals surface area (Å²) in [6.45, 7) is 2.25. The lowest BCUT2D eigenvalue weighted by atomic mass is 9.85. The first-order valence-electron chi connectivity index (χ1n) is 16.3. The van der Waals surface area contributed by atoms with E-state index < -0.39 is 5.92 Å². The molecule has 2 heterocycles. The fourth-order valence-electron chi connectivity index (χ4n) is 6.52. The standard InChI is InChI=1S/C37H40BrN7O3/c1-23-33(36(48)45(43-23)28-9-5-4-6-10-28)30(21-32(46)25-15-17-26(38)18-16-25)35(47)39-22-24-13-19-27(20-14-24)40-37-41-31-12-8-7-11-29(31)34(42-37)44(2)3/h4-12,15-18,24,27,30,43H,13-14,19-22H2,1-3H3,(H,39,47)(H,40,41,42). The number of aryl methyl sites for hydroxylation is 1. The zero-order chi connectivity index (χ0) is 33.8. The van der Waals surface area contributed by atoms with Crippen LogP contribution in [0.1, 0.15) is 59.6 Å². The summed E-state index contributed by atoms with van der Waals surface area (Å²) in [5, 5.41) is 10.8. The number of nitrogens with one attached hydrogen (secondary N) is 3. The number of hydrogen-bond acceptors (Lipinski definition) is 7. The number of anilines is 2. The first-order chi connectivity index (χ1) is 23.2. The minimum Gasteiger partial charge on any atom is -0.362 e. The van der Waals surface area contributed by atoms with E-state index >= 15 is 0 Å². The fraction of sp³-hybridized carbons (Fsp3) is 0.324. The summed E-state index contributed by atoms with van der Waals surface area (Å²) in [6.07, 6.45) is 3.54. The fourth-order valence-corrected chi connectivity index (χ4v) is 6.78. The summed E-state index contributed by atoms with van der Waals surface area (Å²) in [5.74, 6) is 0.313. The highest BCUT2D eigenvalue weighted by molar-refractivity contribution is 9.10. The van der Waals surface area contributed by atoms with Crippen molar-refractivity contribution in [3.05, 3.63) is 111 Å². The zero-order valence-electron chi connectivity index (χ0n) is 27.4. The van der Waals surface area contributed by atoms with Crippen molar-refractivity contribution in [2.75, 3.05) is 30.9 Å². The Kier molecular flexibility index (Phi) is 10.0. The van der Waals surface area contributed by atoms with E-state index in [4.69, 9.17) is 9.97 Å². The van der Waals surface area contributed by atoms with Gasteiger partial charge in [-0.25, -0.2) is 9.67 Å². The second kappa shape index (κ2) is 14.6. The Hall–Kier alpha value is -4.77. The number of carbonyl (C=O) groups excluding carboxylic acids is 2. The molecule has 2 aromatic heterocycles. The molecule has 0 radical (unpaired) electrons. The van der Waals surface area contributed by atoms with Crippen molar-refractivity contribution in [1.82, 2.24) is 25.1 Å². The van der Waals surface area contributed by atoms with Crippen LogP contribution in [0.15, 0.2) is 88.1 Å². The Balaban J connectivity index is 1.13. The van der Waals surface area contributed by atoms with E-state index in [0.29, 0.717) is 35.0 Å². The van der Waals surface area contributed by atoms with Gasteiger partial charge in [0.25, 0.3) is 5.56 Å². The summed E-state index contributed by atoms with van der Waals surface area (Å²) in [4.78, 5) is 52.6. The van der Waals surface area contributed by atoms with E-state index in [1.165, 1.54) is 4.68 Å². The third kappa shape index (κ3) is 7.36. The van der Waals surface area contributed by atoms with E-state index in [1.54, 1.807) is 31.2 Å². The van der Waals surface area contributed by atoms with Crippen molar-refractivity contribution in [2.45, 2.75) is 51.0 Å². The van der Waals surface area contributed by atoms with Gasteiger partial charge in [-0.2, -0.15) is 4.98 Å². The molecule has 3 N–H and O–H groups in total. The van der Waals surface area contributed by atoms with E-state index in [0.717, 1.165) is 46.9 Å². The number of rotatable bonds is 11. The predicted octanol–water partition coefficient (Wildman–Crippen LogP) is 6.39. The van der Waals surface area contributed by atoms with E-state index in [2.05, 4.69) is 31.7 Å². The van der Waals surface area contributed by atoms with Crippen LogP contribution in [-0.2, 0) is 4.79 Å². The molecule has 1 fully saturated rings. The molecule has 1 atom stereocenters. The Labute approximate surface area is 288 Å². The van der Waals surface area contributed by atoms with E-state index in [1.807, 2.05) is 73.6 Å². The SMILES string of the molecule is Cc1[nH]n(-c2ccccc2)c(=O)c1C(CC(=O)c1ccc(Br)cc1)C(=O)NCC1CCC(Nc2nc(N(C)C)c3ccccc3n2)CC1. The van der Waals surface area contributed by atoms with Crippen LogP contribution in [0.5, 0.6) is 0 Å². The number of nitrogens with zero attached hydrogens (tertiary/aromatic N) is 4. The molecule has 48 heavy (non-hydrogen) atoms. The summed E-state index contributed by atoms with van der Waals surface area (Å²) >= 11 is 3.41. The monoisotopic (exact) mass is 709 g/mol. The molecule has 248 valence electrons. The molecule has 0 spiro atoms. The number of fused-ring (bicyclic) bond motifs is 1. The number of ketones is 1. The first kappa shape index (κ1) is 33.1. The molecule has 5 aromatic rings. The lowest BCUT2D eigenvalue weighted by molar-refractivity contribution is -0.122. The molecular weight excluding hydrogens is 670 g/mol. The third-order valence-corrected chi connectivity index (χ3v) is 9.63. The number of aromatic nitrogens is 4. The van der Waals surface area contributed by atoms with Gasteiger partial charge in [-0.05, 0) is 74.9 Å². The number of halogens is 1. The maximum absolute atomic E-state index is 13.9. The quantitative estimate of drug-likeness (QED) is 0.136. The van der Waals surface area contributed by atoms with Crippen molar-refractivity contribution < 1.29 is 9.59 Å². The Morgan fingerprint density at radius 2 is 1.65 bits per heavy atom. The van der Waals surface area contributed by atoms with Crippen LogP contribution < -0.4 is 21.1 Å². The molecule has 0 aliphatic heterocycles. The number of H-pyrrole nitrogens is 1. The van der Waals surface area contributed by atoms with E-state index in [-0.39, 0.29) is 35.6 Å². The van der Waals surface area contributed by atoms with Gasteiger partial charge in [0, 0.05) is 54.2 Å². The zero-order valence-corrected chi connectivity index (χ0v) is 29.0. The number of carbonyl (C=O) groups is 2. The second-order valence-corrected chi connectivity index (χ2v) is 13.6. The van der Waals surface area contributed by atoms with Gasteiger partial charge >= 0.3 is 0 Å². The Morgan fingerprint density at radius 3 is 2.35 bits per heavy atom. The predicted molar refractivity (Wildman–Crippen MR) is 193 cm³/mol. The smallest absolute Gasteiger partial charge is 0.275 e. The van der Waals surface area contributed by atoms with Crippen molar-refractivity contribution >= 4 is 50.3 Å². The van der Waals surface area contributed by atoms with Gasteiger partial charge in [0.15, 0.2) is 5.78 Å². The van der Waals surface area contributed by atoms with Gasteiger partial charge in [0.2, 0.25) is 11.9 Å². The second-order valence-electron chi connectivity index (χ2n) is 12.7. The molecule has 1 saturated carbocycles. The summed E-state index contributed by atoms with van der Waals surface area (Å²) in [6, 6.07) is 24.5. The summed E-state index contributed by atoms with van der Waals surface area (Å²) in [7, 11) is 3.96. The first-order valence-corrected chi connectivity index (χ1v) is 17.1. The summed E-state index contributed by atoms with van der Waals surface area (Å²) < 4.78 is 2.29. The molecule has 1 aliphatic rings. The molecule has 10 nitrogen and oxygen atoms in total. The van der Waals surface area contributed by atoms with Crippen LogP contribution in [-0.4, -0.2) is 58.1 Å². The van der Waals surface area contributed by atoms with Crippen molar-refractivity contribution in [3.63, 3.8) is 0 Å². The highest BCUT2D eigenvalue weighted by atomic mass is 79.9. The highest BCUT2D eigenvalue weighted by Crippen LogP contribution is 2.29. The average Bonchev–Trinajstić information content (AvgIpc) is 3.39. The minimum atomic E-state index is -0.941. The lowest BCUT2D eigenvalue weighted by Crippen LogP contribution is -2.38. The van der Waals surface area contributed by atoms with Crippen LogP contribution in [0.3, 0.4) is 0 Å². The van der Waals surface area contributed by atoms with Crippen molar-refractivity contribution in [2.24, 2.45) is 5.92 Å². The number of amides is 1. The molecule has 6 rings (SSSR count). The van der Waals surface area contributed by atoms with Crippen molar-refractivity contribution in [3.8, 4) is 5.69 Å². The maximum atomic E-state index is 13.9. The molecule has 1 unspecified atom stereocenters. The number of hydrogen-bond donors (Lipinski definition) is 3. The number of Topliss-reactive ketones (excluding diaryl/α,β-unsaturated/α-hetero) is 1. The number of para-hydroxylation sites is 2. The van der Waals surface area contributed by atoms with Gasteiger partial charge in [0.1, 0.15) is 5.82 Å². The molecule has 0 bridgehead atoms. The van der Waals surface area contributed by atoms with Gasteiger partial charge in [-0.1, -0.05) is 58.4 Å². The number of benzene rings is 3. The molecular formula is C37H40BrN7O3. The molecule has 3 aromatic carbocycles. The largest absolute Gasteiger partial charge is 0.362 e. The molecule has 1 amide bonds. The van der Waals surface area contributed by atoms with Crippen LogP contribution in [0.2, 0.25) is 0 Å². The molecule has 0 saturated heterocycles. The summed E-state index contributed by atoms with van der Waals surface area (Å²) in [5.41, 5.74) is 2.59. The van der Waals surface area contributed by atoms with Crippen LogP contribution in [0.4, 0.5) is 11.8 Å². The van der Waals surface area contributed by atoms with E-state index in [9.17, 15) is 14.4 Å². The lowest BCUT2D eigenvalue weighted by Gasteiger charge is -2.30. The highest BCUT2D eigenvalue weighted by Gasteiger charge is 2.32. The van der Waals surface area contributed by atoms with Gasteiger partial charge < -0.3 is 15.5 Å². The van der Waals surface area contributed by atoms with Crippen LogP contribution in [0.25, 0.3) is 16.6 Å². The topological polar surface area (TPSA) is 125 Å². The van der Waals surface area contributed by atoms with Crippen LogP contribution in [0, 0.1) is 12.8 Å². The Bertz CT molecular complexity index is 1960. The molecule has 1 aliphatic carbocycles. The normalized spacial score (nSPS) is 16.8. The minimum absolute atomic E-state index is 0.118. The van der Waals surface area contributed by atoms with Gasteiger partial charge in [-0.3, -0.25) is 19.5 Å². The van der Waals surface area contributed by atoms with Gasteiger partial charge in [-0.15, -0.1) is 0 Å². The maximum Gasteiger partial charge on any atom is 0.275 e. The Morgan fingerprint density at radius 1 is 0.958 bits per heavy atom. The van der Waals surface area contributed by atoms with Gasteiger partial charge in [0.05, 0.1) is 22.7 Å². The average molecular weight is 711 g/mol. The third-order valence-electron chi connectivity index (χ3n) is 9.10.